The molecule has 4 rings (SSSR count). The van der Waals surface area contributed by atoms with Crippen LogP contribution in [0.3, 0.4) is 0 Å². The molecule has 0 spiro atoms. The maximum atomic E-state index is 6.16. The SMILES string of the molecule is Cc1cc2c(-c3ccccc3C)nc(OC3CCCCC3)nc2s1. The van der Waals surface area contributed by atoms with Crippen molar-refractivity contribution in [3.8, 4) is 17.3 Å². The fraction of sp³-hybridized carbons (Fsp3) is 0.400. The fourth-order valence-corrected chi connectivity index (χ4v) is 4.32. The van der Waals surface area contributed by atoms with Crippen LogP contribution in [0.1, 0.15) is 42.5 Å². The van der Waals surface area contributed by atoms with Gasteiger partial charge >= 0.3 is 6.01 Å². The molecule has 24 heavy (non-hydrogen) atoms. The lowest BCUT2D eigenvalue weighted by Crippen LogP contribution is -2.20. The number of nitrogens with zero attached hydrogens (tertiary/aromatic N) is 2. The Kier molecular flexibility index (Phi) is 4.23. The minimum absolute atomic E-state index is 0.266. The number of fused-ring (bicyclic) bond motifs is 1. The number of thiophene rings is 1. The summed E-state index contributed by atoms with van der Waals surface area (Å²) >= 11 is 1.71. The van der Waals surface area contributed by atoms with E-state index in [0.717, 1.165) is 34.3 Å². The molecule has 2 heterocycles. The Morgan fingerprint density at radius 2 is 1.83 bits per heavy atom. The Bertz CT molecular complexity index is 865. The van der Waals surface area contributed by atoms with Gasteiger partial charge in [0, 0.05) is 15.8 Å². The van der Waals surface area contributed by atoms with E-state index in [0.29, 0.717) is 6.01 Å². The quantitative estimate of drug-likeness (QED) is 0.615. The number of hydrogen-bond donors (Lipinski definition) is 0. The molecule has 1 aromatic carbocycles. The summed E-state index contributed by atoms with van der Waals surface area (Å²) in [4.78, 5) is 11.8. The largest absolute Gasteiger partial charge is 0.460 e. The van der Waals surface area contributed by atoms with Crippen LogP contribution in [0.25, 0.3) is 21.5 Å². The first-order chi connectivity index (χ1) is 11.7. The van der Waals surface area contributed by atoms with Gasteiger partial charge in [-0.15, -0.1) is 11.3 Å². The molecule has 2 aromatic heterocycles. The second-order valence-corrected chi connectivity index (χ2v) is 7.86. The van der Waals surface area contributed by atoms with E-state index in [4.69, 9.17) is 14.7 Å². The maximum absolute atomic E-state index is 6.16. The Hall–Kier alpha value is -1.94. The molecule has 0 aliphatic heterocycles. The molecule has 0 N–H and O–H groups in total. The molecular weight excluding hydrogens is 316 g/mol. The van der Waals surface area contributed by atoms with Crippen LogP contribution in [0.4, 0.5) is 0 Å². The van der Waals surface area contributed by atoms with Crippen molar-refractivity contribution in [3.63, 3.8) is 0 Å². The van der Waals surface area contributed by atoms with Gasteiger partial charge in [0.05, 0.1) is 5.69 Å². The highest BCUT2D eigenvalue weighted by molar-refractivity contribution is 7.18. The zero-order chi connectivity index (χ0) is 16.5. The first kappa shape index (κ1) is 15.6. The van der Waals surface area contributed by atoms with Gasteiger partial charge in [-0.05, 0) is 51.2 Å². The summed E-state index contributed by atoms with van der Waals surface area (Å²) < 4.78 is 6.16. The number of aromatic nitrogens is 2. The van der Waals surface area contributed by atoms with Gasteiger partial charge in [0.25, 0.3) is 0 Å². The highest BCUT2D eigenvalue weighted by Gasteiger charge is 2.19. The summed E-state index contributed by atoms with van der Waals surface area (Å²) in [5.74, 6) is 0. The van der Waals surface area contributed by atoms with Gasteiger partial charge in [-0.1, -0.05) is 30.7 Å². The number of benzene rings is 1. The fourth-order valence-electron chi connectivity index (χ4n) is 3.45. The third-order valence-electron chi connectivity index (χ3n) is 4.72. The van der Waals surface area contributed by atoms with Crippen molar-refractivity contribution >= 4 is 21.6 Å². The Morgan fingerprint density at radius 3 is 2.62 bits per heavy atom. The molecule has 1 aliphatic rings. The molecule has 0 saturated heterocycles. The molecule has 1 saturated carbocycles. The summed E-state index contributed by atoms with van der Waals surface area (Å²) in [7, 11) is 0. The average molecular weight is 338 g/mol. The van der Waals surface area contributed by atoms with Crippen molar-refractivity contribution in [2.75, 3.05) is 0 Å². The molecule has 0 amide bonds. The van der Waals surface area contributed by atoms with Crippen LogP contribution in [0.5, 0.6) is 6.01 Å². The molecule has 0 radical (unpaired) electrons. The molecule has 3 aromatic rings. The van der Waals surface area contributed by atoms with Gasteiger partial charge in [0.2, 0.25) is 0 Å². The Morgan fingerprint density at radius 1 is 1.04 bits per heavy atom. The number of hydrogen-bond acceptors (Lipinski definition) is 4. The van der Waals surface area contributed by atoms with Gasteiger partial charge in [-0.25, -0.2) is 0 Å². The van der Waals surface area contributed by atoms with Crippen LogP contribution in [0.2, 0.25) is 0 Å². The zero-order valence-electron chi connectivity index (χ0n) is 14.2. The van der Waals surface area contributed by atoms with Crippen LogP contribution in [-0.4, -0.2) is 16.1 Å². The zero-order valence-corrected chi connectivity index (χ0v) is 15.0. The van der Waals surface area contributed by atoms with Gasteiger partial charge in [-0.3, -0.25) is 0 Å². The van der Waals surface area contributed by atoms with E-state index in [1.807, 2.05) is 0 Å². The van der Waals surface area contributed by atoms with E-state index in [-0.39, 0.29) is 6.10 Å². The van der Waals surface area contributed by atoms with Crippen LogP contribution in [0, 0.1) is 13.8 Å². The molecule has 124 valence electrons. The van der Waals surface area contributed by atoms with Crippen molar-refractivity contribution in [2.24, 2.45) is 0 Å². The van der Waals surface area contributed by atoms with Crippen molar-refractivity contribution in [2.45, 2.75) is 52.1 Å². The monoisotopic (exact) mass is 338 g/mol. The predicted molar refractivity (Wildman–Crippen MR) is 99.8 cm³/mol. The highest BCUT2D eigenvalue weighted by atomic mass is 32.1. The summed E-state index contributed by atoms with van der Waals surface area (Å²) in [6, 6.07) is 11.1. The third-order valence-corrected chi connectivity index (χ3v) is 5.66. The first-order valence-corrected chi connectivity index (χ1v) is 9.53. The topological polar surface area (TPSA) is 35.0 Å². The molecule has 1 aliphatic carbocycles. The summed E-state index contributed by atoms with van der Waals surface area (Å²) in [5, 5.41) is 1.13. The molecule has 4 heteroatoms. The number of aryl methyl sites for hydroxylation is 2. The second kappa shape index (κ2) is 6.52. The second-order valence-electron chi connectivity index (χ2n) is 6.62. The molecule has 1 fully saturated rings. The molecule has 0 atom stereocenters. The lowest BCUT2D eigenvalue weighted by molar-refractivity contribution is 0.142. The van der Waals surface area contributed by atoms with Crippen LogP contribution in [-0.2, 0) is 0 Å². The minimum Gasteiger partial charge on any atom is -0.460 e. The van der Waals surface area contributed by atoms with E-state index in [2.05, 4.69) is 44.2 Å². The van der Waals surface area contributed by atoms with Crippen molar-refractivity contribution in [3.05, 3.63) is 40.8 Å². The highest BCUT2D eigenvalue weighted by Crippen LogP contribution is 2.35. The molecule has 0 unspecified atom stereocenters. The van der Waals surface area contributed by atoms with E-state index in [9.17, 15) is 0 Å². The van der Waals surface area contributed by atoms with Crippen LogP contribution >= 0.6 is 11.3 Å². The smallest absolute Gasteiger partial charge is 0.318 e. The lowest BCUT2D eigenvalue weighted by Gasteiger charge is -2.22. The van der Waals surface area contributed by atoms with Gasteiger partial charge in [0.1, 0.15) is 10.9 Å². The van der Waals surface area contributed by atoms with Crippen LogP contribution in [0.15, 0.2) is 30.3 Å². The summed E-state index contributed by atoms with van der Waals surface area (Å²) in [6.45, 7) is 4.25. The normalized spacial score (nSPS) is 15.8. The Balaban J connectivity index is 1.80. The third kappa shape index (κ3) is 3.03. The molecule has 0 bridgehead atoms. The van der Waals surface area contributed by atoms with Gasteiger partial charge in [-0.2, -0.15) is 9.97 Å². The average Bonchev–Trinajstić information content (AvgIpc) is 2.96. The van der Waals surface area contributed by atoms with E-state index >= 15 is 0 Å². The molecular formula is C20H22N2OS. The van der Waals surface area contributed by atoms with Crippen molar-refractivity contribution in [1.82, 2.24) is 9.97 Å². The van der Waals surface area contributed by atoms with Crippen molar-refractivity contribution < 1.29 is 4.74 Å². The van der Waals surface area contributed by atoms with E-state index in [1.54, 1.807) is 11.3 Å². The van der Waals surface area contributed by atoms with Crippen LogP contribution < -0.4 is 4.74 Å². The standard InChI is InChI=1S/C20H22N2OS/c1-13-8-6-7-11-16(13)18-17-12-14(2)24-19(17)22-20(21-18)23-15-9-4-3-5-10-15/h6-8,11-12,15H,3-5,9-10H2,1-2H3. The first-order valence-electron chi connectivity index (χ1n) is 8.71. The van der Waals surface area contributed by atoms with Gasteiger partial charge in [0.15, 0.2) is 0 Å². The van der Waals surface area contributed by atoms with E-state index in [1.165, 1.54) is 29.7 Å². The van der Waals surface area contributed by atoms with E-state index < -0.39 is 0 Å². The number of rotatable bonds is 3. The molecule has 3 nitrogen and oxygen atoms in total. The lowest BCUT2D eigenvalue weighted by atomic mass is 9.98. The van der Waals surface area contributed by atoms with Gasteiger partial charge < -0.3 is 4.74 Å². The number of ether oxygens (including phenoxy) is 1. The maximum Gasteiger partial charge on any atom is 0.318 e. The predicted octanol–water partition coefficient (Wildman–Crippen LogP) is 5.69. The summed E-state index contributed by atoms with van der Waals surface area (Å²) in [5.41, 5.74) is 3.38. The minimum atomic E-state index is 0.266. The summed E-state index contributed by atoms with van der Waals surface area (Å²) in [6.07, 6.45) is 6.31. The van der Waals surface area contributed by atoms with Crippen molar-refractivity contribution in [1.29, 1.82) is 0 Å². The Labute approximate surface area is 146 Å².